The Balaban J connectivity index is 0.789. The fourth-order valence-electron chi connectivity index (χ4n) is 8.95. The number of amides is 3. The number of nitrogens with zero attached hydrogens (tertiary/aromatic N) is 7. The van der Waals surface area contributed by atoms with E-state index in [2.05, 4.69) is 83.4 Å². The molecule has 4 fully saturated rings. The molecule has 2 N–H and O–H groups in total. The number of carbonyl (C=O) groups excluding carboxylic acids is 3. The first-order valence-corrected chi connectivity index (χ1v) is 19.9. The summed E-state index contributed by atoms with van der Waals surface area (Å²) >= 11 is 0. The Bertz CT molecular complexity index is 1950. The van der Waals surface area contributed by atoms with E-state index in [1.165, 1.54) is 36.9 Å². The molecule has 2 aromatic heterocycles. The van der Waals surface area contributed by atoms with Crippen LogP contribution >= 0.6 is 0 Å². The molecule has 0 radical (unpaired) electrons. The molecule has 3 aliphatic heterocycles. The maximum atomic E-state index is 13.1. The highest BCUT2D eigenvalue weighted by molar-refractivity contribution is 6.01. The molecule has 0 spiro atoms. The highest BCUT2D eigenvalue weighted by Gasteiger charge is 2.30. The van der Waals surface area contributed by atoms with Crippen LogP contribution in [0.3, 0.4) is 0 Å². The van der Waals surface area contributed by atoms with Gasteiger partial charge in [-0.05, 0) is 93.1 Å². The number of carbonyl (C=O) groups is 3. The van der Waals surface area contributed by atoms with E-state index in [-0.39, 0.29) is 29.7 Å². The average Bonchev–Trinajstić information content (AvgIpc) is 3.86. The Labute approximate surface area is 317 Å². The smallest absolute Gasteiger partial charge is 0.270 e. The maximum absolute atomic E-state index is 13.1. The van der Waals surface area contributed by atoms with Crippen molar-refractivity contribution in [2.24, 2.45) is 0 Å². The summed E-state index contributed by atoms with van der Waals surface area (Å²) in [6, 6.07) is 19.9. The van der Waals surface area contributed by atoms with Crippen LogP contribution in [0.5, 0.6) is 0 Å². The lowest BCUT2D eigenvalue weighted by atomic mass is 9.90. The molecule has 4 aliphatic rings. The Kier molecular flexibility index (Phi) is 10.6. The maximum Gasteiger partial charge on any atom is 0.270 e. The number of piperidine rings is 2. The van der Waals surface area contributed by atoms with Crippen LogP contribution in [0.1, 0.15) is 84.9 Å². The highest BCUT2D eigenvalue weighted by Crippen LogP contribution is 2.35. The number of anilines is 3. The molecular weight excluding hydrogens is 679 g/mol. The molecule has 12 nitrogen and oxygen atoms in total. The number of imide groups is 1. The lowest BCUT2D eigenvalue weighted by Gasteiger charge is -2.43. The Hall–Kier alpha value is -4.81. The molecule has 1 aliphatic carbocycles. The molecule has 3 amide bonds. The first kappa shape index (κ1) is 36.2. The summed E-state index contributed by atoms with van der Waals surface area (Å²) in [6.45, 7) is 7.50. The lowest BCUT2D eigenvalue weighted by molar-refractivity contribution is -0.134. The molecule has 1 atom stereocenters. The fraction of sp³-hybridized carbons (Fsp3) is 0.500. The first-order chi connectivity index (χ1) is 26.3. The zero-order valence-electron chi connectivity index (χ0n) is 31.7. The zero-order valence-corrected chi connectivity index (χ0v) is 31.7. The Morgan fingerprint density at radius 1 is 0.870 bits per heavy atom. The molecule has 2 aromatic carbocycles. The minimum absolute atomic E-state index is 0.00125. The van der Waals surface area contributed by atoms with Crippen LogP contribution in [0, 0.1) is 0 Å². The highest BCUT2D eigenvalue weighted by atomic mass is 16.2. The van der Waals surface area contributed by atoms with Crippen LogP contribution in [0.4, 0.5) is 17.3 Å². The van der Waals surface area contributed by atoms with Crippen LogP contribution in [-0.4, -0.2) is 113 Å². The summed E-state index contributed by atoms with van der Waals surface area (Å²) in [5.74, 6) is -0.0399. The van der Waals surface area contributed by atoms with E-state index < -0.39 is 0 Å². The summed E-state index contributed by atoms with van der Waals surface area (Å²) < 4.78 is 2.15. The third kappa shape index (κ3) is 7.86. The molecule has 12 heteroatoms. The van der Waals surface area contributed by atoms with Crippen molar-refractivity contribution in [3.8, 4) is 0 Å². The minimum atomic E-state index is -0.233. The number of likely N-dealkylation sites (tertiary alicyclic amines) is 1. The number of hydrogen-bond acceptors (Lipinski definition) is 9. The fourth-order valence-corrected chi connectivity index (χ4v) is 8.95. The van der Waals surface area contributed by atoms with Crippen molar-refractivity contribution >= 4 is 46.1 Å². The number of piperazine rings is 1. The number of rotatable bonds is 10. The molecule has 8 rings (SSSR count). The Morgan fingerprint density at radius 2 is 1.59 bits per heavy atom. The van der Waals surface area contributed by atoms with E-state index in [1.807, 2.05) is 12.3 Å². The van der Waals surface area contributed by atoms with Gasteiger partial charge >= 0.3 is 0 Å². The summed E-state index contributed by atoms with van der Waals surface area (Å²) in [6.07, 6.45) is 10.7. The summed E-state index contributed by atoms with van der Waals surface area (Å²) in [5.41, 5.74) is 5.98. The van der Waals surface area contributed by atoms with Crippen molar-refractivity contribution in [3.63, 3.8) is 0 Å². The minimum Gasteiger partial charge on any atom is -0.369 e. The SMILES string of the molecule is CN(C)C(=O)c1cc2cnc(Nc3ccc(CCN4CCC(N5CCN(c6ccc(C7CCC(=O)NC7=O)cc6)CC5)CC4)cc3)nc2n1C1CCCC1. The van der Waals surface area contributed by atoms with Gasteiger partial charge < -0.3 is 24.6 Å². The number of fused-ring (bicyclic) bond motifs is 1. The van der Waals surface area contributed by atoms with Crippen molar-refractivity contribution in [1.82, 2.24) is 34.6 Å². The molecule has 3 saturated heterocycles. The van der Waals surface area contributed by atoms with Crippen LogP contribution in [-0.2, 0) is 16.0 Å². The number of hydrogen-bond donors (Lipinski definition) is 2. The summed E-state index contributed by atoms with van der Waals surface area (Å²) in [4.78, 5) is 55.8. The van der Waals surface area contributed by atoms with E-state index in [0.717, 1.165) is 87.4 Å². The topological polar surface area (TPSA) is 119 Å². The van der Waals surface area contributed by atoms with E-state index in [0.29, 0.717) is 30.5 Å². The molecule has 1 saturated carbocycles. The zero-order chi connectivity index (χ0) is 37.2. The standard InChI is InChI=1S/C42H53N9O3/c1-47(2)41(54)37-27-31-28-43-42(46-39(31)51(37)35-5-3-4-6-35)44-32-11-7-29(8-12-32)17-20-48-21-18-34(19-22-48)50-25-23-49(24-26-50)33-13-9-30(10-14-33)36-15-16-38(52)45-40(36)53/h7-14,27-28,34-36H,3-6,15-26H2,1-2H3,(H,43,44,46)(H,45,52,53). The Morgan fingerprint density at radius 3 is 2.28 bits per heavy atom. The van der Waals surface area contributed by atoms with E-state index >= 15 is 0 Å². The van der Waals surface area contributed by atoms with Gasteiger partial charge in [0.2, 0.25) is 17.8 Å². The van der Waals surface area contributed by atoms with Gasteiger partial charge in [0, 0.05) is 88.3 Å². The van der Waals surface area contributed by atoms with Crippen molar-refractivity contribution < 1.29 is 14.4 Å². The van der Waals surface area contributed by atoms with Crippen molar-refractivity contribution in [3.05, 3.63) is 77.6 Å². The van der Waals surface area contributed by atoms with Crippen LogP contribution in [0.25, 0.3) is 11.0 Å². The van der Waals surface area contributed by atoms with E-state index in [1.54, 1.807) is 19.0 Å². The number of aromatic nitrogens is 3. The van der Waals surface area contributed by atoms with Crippen molar-refractivity contribution in [2.45, 2.75) is 75.8 Å². The number of benzene rings is 2. The largest absolute Gasteiger partial charge is 0.369 e. The van der Waals surface area contributed by atoms with E-state index in [9.17, 15) is 14.4 Å². The normalized spacial score (nSPS) is 20.8. The quantitative estimate of drug-likeness (QED) is 0.209. The van der Waals surface area contributed by atoms with Gasteiger partial charge in [0.1, 0.15) is 11.3 Å². The monoisotopic (exact) mass is 731 g/mol. The molecular formula is C42H53N9O3. The molecule has 1 unspecified atom stereocenters. The predicted molar refractivity (Wildman–Crippen MR) is 211 cm³/mol. The van der Waals surface area contributed by atoms with Crippen LogP contribution in [0.2, 0.25) is 0 Å². The summed E-state index contributed by atoms with van der Waals surface area (Å²) in [7, 11) is 3.59. The van der Waals surface area contributed by atoms with Gasteiger partial charge in [-0.3, -0.25) is 24.6 Å². The molecule has 5 heterocycles. The van der Waals surface area contributed by atoms with Crippen molar-refractivity contribution in [1.29, 1.82) is 0 Å². The van der Waals surface area contributed by atoms with Gasteiger partial charge in [-0.15, -0.1) is 0 Å². The van der Waals surface area contributed by atoms with Gasteiger partial charge in [-0.1, -0.05) is 37.1 Å². The van der Waals surface area contributed by atoms with Gasteiger partial charge in [0.05, 0.1) is 5.92 Å². The second kappa shape index (κ2) is 15.9. The van der Waals surface area contributed by atoms with Gasteiger partial charge in [-0.25, -0.2) is 4.98 Å². The second-order valence-electron chi connectivity index (χ2n) is 15.8. The third-order valence-electron chi connectivity index (χ3n) is 12.1. The first-order valence-electron chi connectivity index (χ1n) is 19.9. The molecule has 0 bridgehead atoms. The molecule has 284 valence electrons. The van der Waals surface area contributed by atoms with Gasteiger partial charge in [-0.2, -0.15) is 4.98 Å². The third-order valence-corrected chi connectivity index (χ3v) is 12.1. The lowest BCUT2D eigenvalue weighted by Crippen LogP contribution is -2.53. The molecule has 4 aromatic rings. The van der Waals surface area contributed by atoms with Crippen molar-refractivity contribution in [2.75, 3.05) is 70.1 Å². The molecule has 54 heavy (non-hydrogen) atoms. The van der Waals surface area contributed by atoms with Gasteiger partial charge in [0.25, 0.3) is 5.91 Å². The summed E-state index contributed by atoms with van der Waals surface area (Å²) in [5, 5.41) is 6.77. The number of nitrogens with one attached hydrogen (secondary N) is 2. The average molecular weight is 732 g/mol. The predicted octanol–water partition coefficient (Wildman–Crippen LogP) is 5.34. The van der Waals surface area contributed by atoms with Gasteiger partial charge in [0.15, 0.2) is 0 Å². The second-order valence-corrected chi connectivity index (χ2v) is 15.8. The van der Waals surface area contributed by atoms with Crippen LogP contribution in [0.15, 0.2) is 60.8 Å². The van der Waals surface area contributed by atoms with E-state index in [4.69, 9.17) is 4.98 Å². The van der Waals surface area contributed by atoms with Crippen LogP contribution < -0.4 is 15.5 Å².